The molecular formula is C21H26F4N2O. The predicted molar refractivity (Wildman–Crippen MR) is 102 cm³/mol. The molecule has 0 radical (unpaired) electrons. The van der Waals surface area contributed by atoms with Gasteiger partial charge in [-0.15, -0.1) is 0 Å². The smallest absolute Gasteiger partial charge is 0.436 e. The van der Waals surface area contributed by atoms with Gasteiger partial charge in [-0.1, -0.05) is 26.8 Å². The molecular weight excluding hydrogens is 372 g/mol. The molecule has 0 atom stereocenters. The Labute approximate surface area is 162 Å². The summed E-state index contributed by atoms with van der Waals surface area (Å²) >= 11 is 0. The van der Waals surface area contributed by atoms with Crippen molar-refractivity contribution in [3.63, 3.8) is 0 Å². The molecule has 2 N–H and O–H groups in total. The number of pyridine rings is 1. The van der Waals surface area contributed by atoms with Crippen LogP contribution >= 0.6 is 0 Å². The van der Waals surface area contributed by atoms with E-state index in [9.17, 15) is 22.7 Å². The Bertz CT molecular complexity index is 862. The van der Waals surface area contributed by atoms with Gasteiger partial charge in [0.25, 0.3) is 0 Å². The van der Waals surface area contributed by atoms with Gasteiger partial charge in [0, 0.05) is 35.0 Å². The first kappa shape index (κ1) is 22.1. The van der Waals surface area contributed by atoms with Crippen molar-refractivity contribution >= 4 is 0 Å². The summed E-state index contributed by atoms with van der Waals surface area (Å²) in [6.07, 6.45) is -3.94. The van der Waals surface area contributed by atoms with Crippen LogP contribution in [0.2, 0.25) is 0 Å². The zero-order valence-corrected chi connectivity index (χ0v) is 16.9. The number of phenolic OH excluding ortho intramolecular Hbond substituents is 1. The molecule has 0 aliphatic heterocycles. The molecule has 0 aliphatic rings. The average molecular weight is 398 g/mol. The molecule has 3 nitrogen and oxygen atoms in total. The minimum Gasteiger partial charge on any atom is -0.507 e. The molecule has 1 aromatic heterocycles. The molecule has 1 aromatic carbocycles. The molecule has 0 spiro atoms. The van der Waals surface area contributed by atoms with Gasteiger partial charge in [0.05, 0.1) is 0 Å². The van der Waals surface area contributed by atoms with Crippen LogP contribution in [-0.2, 0) is 18.1 Å². The highest BCUT2D eigenvalue weighted by Crippen LogP contribution is 2.39. The van der Waals surface area contributed by atoms with E-state index in [0.717, 1.165) is 17.8 Å². The highest BCUT2D eigenvalue weighted by Gasteiger charge is 2.36. The lowest BCUT2D eigenvalue weighted by Gasteiger charge is -2.25. The number of alkyl halides is 3. The molecule has 0 unspecified atom stereocenters. The van der Waals surface area contributed by atoms with Crippen LogP contribution in [0.15, 0.2) is 24.4 Å². The molecule has 1 heterocycles. The highest BCUT2D eigenvalue weighted by molar-refractivity contribution is 5.72. The molecule has 2 aromatic rings. The third kappa shape index (κ3) is 5.22. The van der Waals surface area contributed by atoms with Gasteiger partial charge >= 0.3 is 6.18 Å². The lowest BCUT2D eigenvalue weighted by Crippen LogP contribution is -2.35. The van der Waals surface area contributed by atoms with Crippen molar-refractivity contribution in [2.24, 2.45) is 0 Å². The number of phenols is 1. The van der Waals surface area contributed by atoms with E-state index in [-0.39, 0.29) is 27.8 Å². The topological polar surface area (TPSA) is 45.2 Å². The molecule has 154 valence electrons. The normalized spacial score (nSPS) is 13.1. The van der Waals surface area contributed by atoms with E-state index >= 15 is 0 Å². The number of aromatic hydroxyl groups is 1. The number of hydrogen-bond donors (Lipinski definition) is 2. The quantitative estimate of drug-likeness (QED) is 0.643. The zero-order valence-electron chi connectivity index (χ0n) is 16.9. The Morgan fingerprint density at radius 1 is 1.00 bits per heavy atom. The van der Waals surface area contributed by atoms with Gasteiger partial charge in [-0.25, -0.2) is 9.37 Å². The van der Waals surface area contributed by atoms with Gasteiger partial charge in [0.2, 0.25) is 0 Å². The maximum absolute atomic E-state index is 14.0. The number of benzene rings is 1. The molecule has 28 heavy (non-hydrogen) atoms. The van der Waals surface area contributed by atoms with Crippen LogP contribution in [0.25, 0.3) is 11.1 Å². The van der Waals surface area contributed by atoms with E-state index in [4.69, 9.17) is 0 Å². The molecule has 0 saturated carbocycles. The second-order valence-corrected chi connectivity index (χ2v) is 8.94. The Morgan fingerprint density at radius 2 is 1.61 bits per heavy atom. The molecule has 0 aliphatic carbocycles. The first-order valence-corrected chi connectivity index (χ1v) is 8.94. The zero-order chi connectivity index (χ0) is 21.5. The predicted octanol–water partition coefficient (Wildman–Crippen LogP) is 5.80. The number of nitrogens with one attached hydrogen (secondary N) is 1. The Kier molecular flexibility index (Phi) is 5.81. The van der Waals surface area contributed by atoms with Gasteiger partial charge in [-0.3, -0.25) is 0 Å². The van der Waals surface area contributed by atoms with E-state index in [2.05, 4.69) is 10.3 Å². The van der Waals surface area contributed by atoms with Crippen LogP contribution in [0.4, 0.5) is 17.6 Å². The number of hydrogen-bond acceptors (Lipinski definition) is 3. The van der Waals surface area contributed by atoms with Crippen molar-refractivity contribution in [1.29, 1.82) is 0 Å². The van der Waals surface area contributed by atoms with Gasteiger partial charge < -0.3 is 10.4 Å². The number of nitrogens with zero attached hydrogens (tertiary/aromatic N) is 1. The summed E-state index contributed by atoms with van der Waals surface area (Å²) in [5.74, 6) is -1.58. The lowest BCUT2D eigenvalue weighted by atomic mass is 9.83. The summed E-state index contributed by atoms with van der Waals surface area (Å²) in [6.45, 7) is 12.2. The van der Waals surface area contributed by atoms with Crippen LogP contribution in [0.1, 0.15) is 58.4 Å². The second kappa shape index (κ2) is 7.35. The summed E-state index contributed by atoms with van der Waals surface area (Å²) in [7, 11) is 0. The van der Waals surface area contributed by atoms with E-state index in [1.807, 2.05) is 47.6 Å². The maximum Gasteiger partial charge on any atom is 0.436 e. The Balaban J connectivity index is 2.61. The van der Waals surface area contributed by atoms with E-state index in [1.54, 1.807) is 6.07 Å². The Morgan fingerprint density at radius 3 is 2.07 bits per heavy atom. The van der Waals surface area contributed by atoms with Gasteiger partial charge in [0.15, 0.2) is 11.5 Å². The maximum atomic E-state index is 14.0. The second-order valence-electron chi connectivity index (χ2n) is 8.94. The minimum atomic E-state index is -4.88. The minimum absolute atomic E-state index is 0.0890. The van der Waals surface area contributed by atoms with E-state index < -0.39 is 17.7 Å². The summed E-state index contributed by atoms with van der Waals surface area (Å²) in [5, 5.41) is 14.0. The van der Waals surface area contributed by atoms with Crippen molar-refractivity contribution in [1.82, 2.24) is 10.3 Å². The van der Waals surface area contributed by atoms with Crippen molar-refractivity contribution in [2.45, 2.75) is 65.2 Å². The molecule has 0 bridgehead atoms. The van der Waals surface area contributed by atoms with Crippen molar-refractivity contribution in [3.05, 3.63) is 47.0 Å². The summed E-state index contributed by atoms with van der Waals surface area (Å²) in [5.41, 5.74) is -0.269. The summed E-state index contributed by atoms with van der Waals surface area (Å²) in [4.78, 5) is 3.25. The van der Waals surface area contributed by atoms with Crippen molar-refractivity contribution < 1.29 is 22.7 Å². The van der Waals surface area contributed by atoms with Crippen molar-refractivity contribution in [3.8, 4) is 16.9 Å². The monoisotopic (exact) mass is 398 g/mol. The molecule has 0 amide bonds. The molecule has 0 fully saturated rings. The average Bonchev–Trinajstić information content (AvgIpc) is 2.50. The van der Waals surface area contributed by atoms with E-state index in [0.29, 0.717) is 12.1 Å². The highest BCUT2D eigenvalue weighted by atomic mass is 19.4. The first-order chi connectivity index (χ1) is 12.6. The van der Waals surface area contributed by atoms with Gasteiger partial charge in [-0.05, 0) is 43.9 Å². The number of aromatic nitrogens is 1. The van der Waals surface area contributed by atoms with Gasteiger partial charge in [-0.2, -0.15) is 13.2 Å². The molecule has 7 heteroatoms. The standard InChI is InChI=1S/C21H26F4N2O/c1-19(2,3)14-7-13(11-27-20(4,5)6)17(28)15(9-14)12-8-16(22)18(26-10-12)21(23,24)25/h7-10,27-28H,11H2,1-6H3. The fourth-order valence-corrected chi connectivity index (χ4v) is 2.64. The third-order valence-electron chi connectivity index (χ3n) is 4.28. The third-order valence-corrected chi connectivity index (χ3v) is 4.28. The van der Waals surface area contributed by atoms with Crippen LogP contribution in [0, 0.1) is 5.82 Å². The molecule has 2 rings (SSSR count). The first-order valence-electron chi connectivity index (χ1n) is 8.94. The molecule has 0 saturated heterocycles. The Hall–Kier alpha value is -2.15. The fraction of sp³-hybridized carbons (Fsp3) is 0.476. The lowest BCUT2D eigenvalue weighted by molar-refractivity contribution is -0.143. The summed E-state index contributed by atoms with van der Waals surface area (Å²) < 4.78 is 52.4. The van der Waals surface area contributed by atoms with Crippen molar-refractivity contribution in [2.75, 3.05) is 0 Å². The summed E-state index contributed by atoms with van der Waals surface area (Å²) in [6, 6.07) is 4.28. The van der Waals surface area contributed by atoms with Gasteiger partial charge in [0.1, 0.15) is 5.75 Å². The largest absolute Gasteiger partial charge is 0.507 e. The SMILES string of the molecule is CC(C)(C)NCc1cc(C(C)(C)C)cc(-c2cnc(C(F)(F)F)c(F)c2)c1O. The van der Waals surface area contributed by atoms with Crippen LogP contribution in [-0.4, -0.2) is 15.6 Å². The number of rotatable bonds is 3. The van der Waals surface area contributed by atoms with Crippen LogP contribution in [0.5, 0.6) is 5.75 Å². The fourth-order valence-electron chi connectivity index (χ4n) is 2.64. The number of halogens is 4. The van der Waals surface area contributed by atoms with Crippen LogP contribution in [0.3, 0.4) is 0 Å². The van der Waals surface area contributed by atoms with Crippen LogP contribution < -0.4 is 5.32 Å². The van der Waals surface area contributed by atoms with E-state index in [1.165, 1.54) is 0 Å².